The predicted octanol–water partition coefficient (Wildman–Crippen LogP) is 7.22. The summed E-state index contributed by atoms with van der Waals surface area (Å²) >= 11 is 0. The third kappa shape index (κ3) is 21.5. The maximum Gasteiger partial charge on any atom is 0.0227 e. The lowest BCUT2D eigenvalue weighted by Gasteiger charge is -2.25. The molecule has 21 heavy (non-hydrogen) atoms. The lowest BCUT2D eigenvalue weighted by Crippen LogP contribution is -2.26. The second-order valence-electron chi connectivity index (χ2n) is 4.01. The molecule has 0 saturated carbocycles. The van der Waals surface area contributed by atoms with Crippen LogP contribution < -0.4 is 0 Å². The first-order valence-electron chi connectivity index (χ1n) is 8.85. The van der Waals surface area contributed by atoms with Gasteiger partial charge in [-0.05, 0) is 39.2 Å². The van der Waals surface area contributed by atoms with E-state index in [4.69, 9.17) is 0 Å². The van der Waals surface area contributed by atoms with E-state index < -0.39 is 0 Å². The molecule has 0 bridgehead atoms. The van der Waals surface area contributed by atoms with Crippen LogP contribution in [0.5, 0.6) is 0 Å². The molecular formula is C20H43N. The molecule has 0 atom stereocenters. The van der Waals surface area contributed by atoms with Crippen molar-refractivity contribution in [1.82, 2.24) is 4.90 Å². The molecule has 0 unspecified atom stereocenters. The number of hydrogen-bond donors (Lipinski definition) is 0. The van der Waals surface area contributed by atoms with Gasteiger partial charge in [-0.2, -0.15) is 0 Å². The average Bonchev–Trinajstić information content (AvgIpc) is 2.56. The second-order valence-corrected chi connectivity index (χ2v) is 4.01. The van der Waals surface area contributed by atoms with Crippen molar-refractivity contribution in [3.63, 3.8) is 0 Å². The van der Waals surface area contributed by atoms with Gasteiger partial charge < -0.3 is 4.90 Å². The van der Waals surface area contributed by atoms with Crippen molar-refractivity contribution in [3.8, 4) is 0 Å². The molecule has 0 aromatic rings. The highest BCUT2D eigenvalue weighted by molar-refractivity contribution is 5.19. The first-order chi connectivity index (χ1) is 10.2. The Balaban J connectivity index is -0.000000212. The van der Waals surface area contributed by atoms with Crippen LogP contribution in [0.25, 0.3) is 0 Å². The van der Waals surface area contributed by atoms with E-state index >= 15 is 0 Å². The SMILES string of the molecule is C=C/C(=C\N(CCC)C(C)C)C/C=C\C.CC.CC.CC. The maximum atomic E-state index is 3.86. The van der Waals surface area contributed by atoms with Crippen LogP contribution in [0.15, 0.2) is 36.6 Å². The van der Waals surface area contributed by atoms with Gasteiger partial charge in [0.25, 0.3) is 0 Å². The zero-order valence-electron chi connectivity index (χ0n) is 16.7. The molecule has 0 aromatic heterocycles. The van der Waals surface area contributed by atoms with Gasteiger partial charge in [-0.25, -0.2) is 0 Å². The van der Waals surface area contributed by atoms with E-state index in [0.29, 0.717) is 6.04 Å². The van der Waals surface area contributed by atoms with E-state index in [2.05, 4.69) is 50.6 Å². The van der Waals surface area contributed by atoms with Gasteiger partial charge in [0.1, 0.15) is 0 Å². The Morgan fingerprint density at radius 1 is 1.05 bits per heavy atom. The number of allylic oxidation sites excluding steroid dienone is 4. The van der Waals surface area contributed by atoms with Crippen molar-refractivity contribution < 1.29 is 0 Å². The summed E-state index contributed by atoms with van der Waals surface area (Å²) in [6, 6.07) is 0.561. The van der Waals surface area contributed by atoms with Crippen molar-refractivity contribution in [2.45, 2.75) is 88.1 Å². The molecule has 0 N–H and O–H groups in total. The summed E-state index contributed by atoms with van der Waals surface area (Å²) in [5.74, 6) is 0. The molecule has 0 aliphatic carbocycles. The standard InChI is InChI=1S/C14H25N.3C2H6/c1-6-9-10-14(8-3)12-15(11-7-2)13(4)5;3*1-2/h6,8-9,12-13H,3,7,10-11H2,1-2,4-5H3;3*1-2H3/b9-6-,14-12+;;;. The first kappa shape index (κ1) is 28.2. The van der Waals surface area contributed by atoms with E-state index in [1.807, 2.05) is 54.5 Å². The first-order valence-corrected chi connectivity index (χ1v) is 8.85. The van der Waals surface area contributed by atoms with E-state index in [1.165, 1.54) is 12.0 Å². The Morgan fingerprint density at radius 2 is 1.52 bits per heavy atom. The van der Waals surface area contributed by atoms with Gasteiger partial charge in [0.05, 0.1) is 0 Å². The van der Waals surface area contributed by atoms with Crippen LogP contribution in [0.2, 0.25) is 0 Å². The lowest BCUT2D eigenvalue weighted by molar-refractivity contribution is 0.309. The molecule has 0 spiro atoms. The van der Waals surface area contributed by atoms with Crippen molar-refractivity contribution in [3.05, 3.63) is 36.6 Å². The van der Waals surface area contributed by atoms with Crippen molar-refractivity contribution in [2.24, 2.45) is 0 Å². The fourth-order valence-corrected chi connectivity index (χ4v) is 1.39. The highest BCUT2D eigenvalue weighted by atomic mass is 15.1. The molecule has 0 saturated heterocycles. The monoisotopic (exact) mass is 297 g/mol. The number of rotatable bonds is 7. The normalized spacial score (nSPS) is 9.76. The highest BCUT2D eigenvalue weighted by Crippen LogP contribution is 2.09. The quantitative estimate of drug-likeness (QED) is 0.354. The Hall–Kier alpha value is -0.980. The van der Waals surface area contributed by atoms with E-state index in [9.17, 15) is 0 Å². The maximum absolute atomic E-state index is 3.86. The lowest BCUT2D eigenvalue weighted by atomic mass is 10.1. The van der Waals surface area contributed by atoms with Gasteiger partial charge in [0.2, 0.25) is 0 Å². The molecule has 128 valence electrons. The van der Waals surface area contributed by atoms with E-state index in [-0.39, 0.29) is 0 Å². The fourth-order valence-electron chi connectivity index (χ4n) is 1.39. The Labute approximate surface area is 136 Å². The topological polar surface area (TPSA) is 3.24 Å². The molecular weight excluding hydrogens is 254 g/mol. The zero-order chi connectivity index (χ0) is 17.7. The average molecular weight is 298 g/mol. The van der Waals surface area contributed by atoms with Crippen LogP contribution in [0.4, 0.5) is 0 Å². The molecule has 0 aliphatic rings. The molecule has 1 heteroatoms. The minimum atomic E-state index is 0.561. The summed E-state index contributed by atoms with van der Waals surface area (Å²) < 4.78 is 0. The predicted molar refractivity (Wildman–Crippen MR) is 104 cm³/mol. The molecule has 0 aliphatic heterocycles. The molecule has 0 rings (SSSR count). The second kappa shape index (κ2) is 27.4. The van der Waals surface area contributed by atoms with Crippen LogP contribution in [-0.4, -0.2) is 17.5 Å². The Kier molecular flexibility index (Phi) is 36.8. The molecule has 0 heterocycles. The van der Waals surface area contributed by atoms with Gasteiger partial charge in [-0.1, -0.05) is 73.3 Å². The van der Waals surface area contributed by atoms with Gasteiger partial charge in [-0.15, -0.1) is 0 Å². The summed E-state index contributed by atoms with van der Waals surface area (Å²) in [6.45, 7) is 25.7. The number of hydrogen-bond acceptors (Lipinski definition) is 1. The van der Waals surface area contributed by atoms with Crippen LogP contribution >= 0.6 is 0 Å². The van der Waals surface area contributed by atoms with E-state index in [1.54, 1.807) is 0 Å². The highest BCUT2D eigenvalue weighted by Gasteiger charge is 2.03. The summed E-state index contributed by atoms with van der Waals surface area (Å²) in [4.78, 5) is 2.38. The summed E-state index contributed by atoms with van der Waals surface area (Å²) in [6.07, 6.45) is 10.6. The minimum Gasteiger partial charge on any atom is -0.375 e. The van der Waals surface area contributed by atoms with Crippen LogP contribution in [0.1, 0.15) is 82.1 Å². The van der Waals surface area contributed by atoms with Gasteiger partial charge >= 0.3 is 0 Å². The third-order valence-corrected chi connectivity index (χ3v) is 2.33. The van der Waals surface area contributed by atoms with Crippen LogP contribution in [-0.2, 0) is 0 Å². The van der Waals surface area contributed by atoms with Crippen LogP contribution in [0, 0.1) is 0 Å². The van der Waals surface area contributed by atoms with Crippen molar-refractivity contribution >= 4 is 0 Å². The van der Waals surface area contributed by atoms with Crippen molar-refractivity contribution in [2.75, 3.05) is 6.54 Å². The Bertz CT molecular complexity index is 224. The molecule has 0 aromatic carbocycles. The minimum absolute atomic E-state index is 0.561. The largest absolute Gasteiger partial charge is 0.375 e. The summed E-state index contributed by atoms with van der Waals surface area (Å²) in [5, 5.41) is 0. The van der Waals surface area contributed by atoms with Gasteiger partial charge in [0, 0.05) is 18.8 Å². The smallest absolute Gasteiger partial charge is 0.0227 e. The van der Waals surface area contributed by atoms with Crippen molar-refractivity contribution in [1.29, 1.82) is 0 Å². The molecule has 0 fully saturated rings. The molecule has 1 nitrogen and oxygen atoms in total. The Morgan fingerprint density at radius 3 is 1.81 bits per heavy atom. The van der Waals surface area contributed by atoms with Gasteiger partial charge in [-0.3, -0.25) is 0 Å². The van der Waals surface area contributed by atoms with E-state index in [0.717, 1.165) is 13.0 Å². The third-order valence-electron chi connectivity index (χ3n) is 2.33. The van der Waals surface area contributed by atoms with Gasteiger partial charge in [0.15, 0.2) is 0 Å². The molecule has 0 radical (unpaired) electrons. The molecule has 0 amide bonds. The number of nitrogens with zero attached hydrogens (tertiary/aromatic N) is 1. The zero-order valence-corrected chi connectivity index (χ0v) is 16.7. The fraction of sp³-hybridized carbons (Fsp3) is 0.700. The summed E-state index contributed by atoms with van der Waals surface area (Å²) in [5.41, 5.74) is 1.29. The van der Waals surface area contributed by atoms with Crippen LogP contribution in [0.3, 0.4) is 0 Å². The summed E-state index contributed by atoms with van der Waals surface area (Å²) in [7, 11) is 0.